The molecule has 14 heteroatoms. The molecule has 7 N–H and O–H groups in total. The average Bonchev–Trinajstić information content (AvgIpc) is 3.48. The van der Waals surface area contributed by atoms with Crippen molar-refractivity contribution >= 4 is 36.2 Å². The third-order valence-electron chi connectivity index (χ3n) is 7.03. The molecule has 42 heavy (non-hydrogen) atoms. The van der Waals surface area contributed by atoms with Crippen molar-refractivity contribution in [2.45, 2.75) is 101 Å². The van der Waals surface area contributed by atoms with Gasteiger partial charge in [0, 0.05) is 6.08 Å². The van der Waals surface area contributed by atoms with Crippen LogP contribution in [-0.2, 0) is 14.3 Å². The molecule has 0 radical (unpaired) electrons. The van der Waals surface area contributed by atoms with E-state index in [-0.39, 0.29) is 5.84 Å². The maximum absolute atomic E-state index is 12.6. The summed E-state index contributed by atoms with van der Waals surface area (Å²) in [6, 6.07) is -1.95. The molecule has 0 bridgehead atoms. The van der Waals surface area contributed by atoms with Crippen molar-refractivity contribution in [1.29, 1.82) is 0 Å². The molecule has 7 unspecified atom stereocenters. The Hall–Kier alpha value is -3.30. The summed E-state index contributed by atoms with van der Waals surface area (Å²) in [5.74, 6) is -0.562. The lowest BCUT2D eigenvalue weighted by atomic mass is 9.92. The van der Waals surface area contributed by atoms with Gasteiger partial charge in [0.2, 0.25) is 11.8 Å². The molecule has 7 atom stereocenters. The second-order valence-corrected chi connectivity index (χ2v) is 10.3. The van der Waals surface area contributed by atoms with Gasteiger partial charge < -0.3 is 41.1 Å². The smallest absolute Gasteiger partial charge is 0.244 e. The molecule has 0 aliphatic carbocycles. The van der Waals surface area contributed by atoms with Crippen molar-refractivity contribution in [3.63, 3.8) is 0 Å². The van der Waals surface area contributed by atoms with Crippen LogP contribution in [0.5, 0.6) is 0 Å². The summed E-state index contributed by atoms with van der Waals surface area (Å²) < 4.78 is 5.72. The fourth-order valence-corrected chi connectivity index (χ4v) is 4.69. The number of nitrogens with zero attached hydrogens (tertiary/aromatic N) is 4. The monoisotopic (exact) mass is 589 g/mol. The van der Waals surface area contributed by atoms with Crippen LogP contribution in [0.2, 0.25) is 0 Å². The molecule has 2 amide bonds. The first-order valence-electron chi connectivity index (χ1n) is 14.5. The fraction of sp³-hybridized carbons (Fsp3) is 0.643. The summed E-state index contributed by atoms with van der Waals surface area (Å²) in [5, 5.41) is 49.2. The van der Waals surface area contributed by atoms with Gasteiger partial charge in [-0.25, -0.2) is 15.0 Å². The van der Waals surface area contributed by atoms with Gasteiger partial charge in [0.15, 0.2) is 18.1 Å². The van der Waals surface area contributed by atoms with Crippen LogP contribution in [0, 0.1) is 0 Å². The van der Waals surface area contributed by atoms with Gasteiger partial charge in [-0.2, -0.15) is 0 Å². The molecule has 1 fully saturated rings. The number of amides is 2. The number of rotatable bonds is 16. The quantitative estimate of drug-likeness (QED) is 0.0706. The Labute approximate surface area is 245 Å². The lowest BCUT2D eigenvalue weighted by molar-refractivity contribution is -0.209. The Kier molecular flexibility index (Phi) is 13.9. The molecule has 3 heterocycles. The first-order chi connectivity index (χ1) is 20.3. The molecule has 1 saturated heterocycles. The minimum Gasteiger partial charge on any atom is -0.394 e. The van der Waals surface area contributed by atoms with Crippen LogP contribution in [-0.4, -0.2) is 112 Å². The van der Waals surface area contributed by atoms with Crippen molar-refractivity contribution in [2.24, 2.45) is 20.0 Å². The number of hydrogen-bond acceptors (Lipinski definition) is 11. The summed E-state index contributed by atoms with van der Waals surface area (Å²) in [4.78, 5) is 41.2. The van der Waals surface area contributed by atoms with Crippen LogP contribution in [0.4, 0.5) is 0 Å². The van der Waals surface area contributed by atoms with E-state index in [0.717, 1.165) is 12.8 Å². The van der Waals surface area contributed by atoms with Gasteiger partial charge in [0.1, 0.15) is 36.6 Å². The number of amidine groups is 2. The van der Waals surface area contributed by atoms with Crippen LogP contribution in [0.25, 0.3) is 0 Å². The molecule has 3 aliphatic rings. The van der Waals surface area contributed by atoms with Crippen LogP contribution >= 0.6 is 0 Å². The Morgan fingerprint density at radius 1 is 1.14 bits per heavy atom. The number of allylic oxidation sites excluding steroid dienone is 3. The van der Waals surface area contributed by atoms with Gasteiger partial charge in [-0.3, -0.25) is 14.6 Å². The largest absolute Gasteiger partial charge is 0.394 e. The number of aliphatic hydroxyl groups excluding tert-OH is 4. The van der Waals surface area contributed by atoms with E-state index < -0.39 is 67.7 Å². The van der Waals surface area contributed by atoms with Gasteiger partial charge >= 0.3 is 0 Å². The van der Waals surface area contributed by atoms with E-state index in [4.69, 9.17) is 4.74 Å². The highest BCUT2D eigenvalue weighted by Gasteiger charge is 2.48. The summed E-state index contributed by atoms with van der Waals surface area (Å²) in [7, 11) is 0. The second-order valence-electron chi connectivity index (χ2n) is 10.3. The molecule has 0 aromatic rings. The first kappa shape index (κ1) is 33.2. The summed E-state index contributed by atoms with van der Waals surface area (Å²) in [6.07, 6.45) is 11.4. The van der Waals surface area contributed by atoms with E-state index in [1.54, 1.807) is 12.2 Å². The lowest BCUT2D eigenvalue weighted by Gasteiger charge is -2.43. The van der Waals surface area contributed by atoms with E-state index in [1.165, 1.54) is 57.3 Å². The van der Waals surface area contributed by atoms with Crippen molar-refractivity contribution in [1.82, 2.24) is 16.0 Å². The Morgan fingerprint density at radius 2 is 1.90 bits per heavy atom. The summed E-state index contributed by atoms with van der Waals surface area (Å²) >= 11 is 0. The van der Waals surface area contributed by atoms with Crippen molar-refractivity contribution in [3.05, 3.63) is 24.3 Å². The van der Waals surface area contributed by atoms with E-state index in [2.05, 4.69) is 42.8 Å². The molecule has 232 valence electrons. The maximum atomic E-state index is 12.6. The number of carbonyl (C=O) groups is 2. The number of fused-ring (bicyclic) bond motifs is 1. The topological polar surface area (TPSA) is 210 Å². The van der Waals surface area contributed by atoms with E-state index >= 15 is 0 Å². The van der Waals surface area contributed by atoms with Crippen LogP contribution < -0.4 is 16.0 Å². The number of aliphatic hydroxyl groups is 4. The third-order valence-corrected chi connectivity index (χ3v) is 7.03. The average molecular weight is 590 g/mol. The lowest BCUT2D eigenvalue weighted by Crippen LogP contribution is -2.67. The maximum Gasteiger partial charge on any atom is 0.244 e. The Balaban J connectivity index is 1.46. The molecule has 3 aliphatic heterocycles. The third kappa shape index (κ3) is 9.91. The van der Waals surface area contributed by atoms with Crippen molar-refractivity contribution in [2.75, 3.05) is 13.2 Å². The van der Waals surface area contributed by atoms with E-state index in [9.17, 15) is 30.0 Å². The highest BCUT2D eigenvalue weighted by Crippen LogP contribution is 2.25. The van der Waals surface area contributed by atoms with Gasteiger partial charge in [0.05, 0.1) is 25.5 Å². The van der Waals surface area contributed by atoms with Crippen molar-refractivity contribution in [3.8, 4) is 0 Å². The molecule has 0 aromatic heterocycles. The zero-order valence-electron chi connectivity index (χ0n) is 23.9. The normalized spacial score (nSPS) is 28.6. The highest BCUT2D eigenvalue weighted by atomic mass is 16.5. The number of hydrogen-bond donors (Lipinski definition) is 7. The number of ether oxygens (including phenoxy) is 1. The molecular weight excluding hydrogens is 546 g/mol. The molecule has 0 spiro atoms. The van der Waals surface area contributed by atoms with Gasteiger partial charge in [0.25, 0.3) is 0 Å². The molecule has 0 saturated carbocycles. The Morgan fingerprint density at radius 3 is 2.67 bits per heavy atom. The number of unbranched alkanes of at least 4 members (excludes halogenated alkanes) is 7. The minimum absolute atomic E-state index is 0.153. The van der Waals surface area contributed by atoms with Crippen LogP contribution in [0.3, 0.4) is 0 Å². The minimum atomic E-state index is -1.63. The Bertz CT molecular complexity index is 1070. The van der Waals surface area contributed by atoms with E-state index in [1.807, 2.05) is 6.08 Å². The zero-order valence-corrected chi connectivity index (χ0v) is 23.9. The second kappa shape index (κ2) is 17.6. The predicted molar refractivity (Wildman–Crippen MR) is 158 cm³/mol. The standard InChI is InChI=1S/C28H43N7O7/c1-2-3-4-5-6-7-8-9-10-11-12-13-19(38)29-14-20(39)34-21-23(40)24(41)28(42-25(21)18(37)15-36)35-27-22-26(31-16-30-22)32-17-33-27/h10-13,16-18,21-25,28,36-37,40-41H,2-9,14-15H2,1H3,(H,29,38)(H,34,39)(H,30,31,32,33,35)/b11-10+,13-12+. The van der Waals surface area contributed by atoms with Crippen molar-refractivity contribution < 1.29 is 34.8 Å². The highest BCUT2D eigenvalue weighted by molar-refractivity contribution is 6.21. The van der Waals surface area contributed by atoms with E-state index in [0.29, 0.717) is 5.84 Å². The van der Waals surface area contributed by atoms with Gasteiger partial charge in [-0.1, -0.05) is 63.7 Å². The summed E-state index contributed by atoms with van der Waals surface area (Å²) in [6.45, 7) is 1.03. The zero-order chi connectivity index (χ0) is 30.3. The molecule has 0 aromatic carbocycles. The van der Waals surface area contributed by atoms with Crippen LogP contribution in [0.15, 0.2) is 44.3 Å². The van der Waals surface area contributed by atoms with Gasteiger partial charge in [-0.05, 0) is 12.8 Å². The predicted octanol–water partition coefficient (Wildman–Crippen LogP) is -0.521. The van der Waals surface area contributed by atoms with Gasteiger partial charge in [-0.15, -0.1) is 0 Å². The molecular formula is C28H43N7O7. The molecule has 14 nitrogen and oxygen atoms in total. The number of nitrogens with one attached hydrogen (secondary N) is 3. The molecule has 3 rings (SSSR count). The number of carbonyl (C=O) groups excluding carboxylic acids is 2. The fourth-order valence-electron chi connectivity index (χ4n) is 4.69. The first-order valence-corrected chi connectivity index (χ1v) is 14.5. The van der Waals surface area contributed by atoms with Crippen LogP contribution in [0.1, 0.15) is 58.3 Å². The summed E-state index contributed by atoms with van der Waals surface area (Å²) in [5.41, 5.74) is 0. The SMILES string of the molecule is CCCCCCCCC/C=C/C=C/C(=O)NCC(=O)NC1C(O)C(O)C(/N=C2\N=CNC3=NC=NC32)OC1C(O)CO. The number of aliphatic imine (C=N–C) groups is 4.